The van der Waals surface area contributed by atoms with Crippen LogP contribution < -0.4 is 10.6 Å². The van der Waals surface area contributed by atoms with Crippen molar-refractivity contribution in [1.29, 1.82) is 0 Å². The van der Waals surface area contributed by atoms with E-state index in [1.807, 2.05) is 10.3 Å². The maximum Gasteiger partial charge on any atom is 0.416 e. The number of benzene rings is 1. The first-order valence-corrected chi connectivity index (χ1v) is 9.17. The van der Waals surface area contributed by atoms with Crippen molar-refractivity contribution in [2.75, 3.05) is 37.6 Å². The van der Waals surface area contributed by atoms with E-state index < -0.39 is 11.7 Å². The highest BCUT2D eigenvalue weighted by Crippen LogP contribution is 2.29. The van der Waals surface area contributed by atoms with Crippen molar-refractivity contribution in [1.82, 2.24) is 9.88 Å². The van der Waals surface area contributed by atoms with Crippen LogP contribution in [0.5, 0.6) is 0 Å². The molecule has 1 aromatic heterocycles. The number of aromatic nitrogens is 1. The number of aliphatic imine (C=N–C) groups is 1. The first-order valence-electron chi connectivity index (χ1n) is 8.29. The average molecular weight is 521 g/mol. The topological polar surface area (TPSA) is 57.8 Å². The number of piperazine rings is 1. The fourth-order valence-electron chi connectivity index (χ4n) is 2.63. The van der Waals surface area contributed by atoms with Gasteiger partial charge in [0.1, 0.15) is 6.54 Å². The highest BCUT2D eigenvalue weighted by molar-refractivity contribution is 14.0. The predicted octanol–water partition coefficient (Wildman–Crippen LogP) is 3.27. The van der Waals surface area contributed by atoms with Gasteiger partial charge in [-0.1, -0.05) is 17.9 Å². The Kier molecular flexibility index (Phi) is 7.94. The number of halogens is 4. The lowest BCUT2D eigenvalue weighted by atomic mass is 10.1. The quantitative estimate of drug-likeness (QED) is 0.286. The van der Waals surface area contributed by atoms with Crippen molar-refractivity contribution >= 4 is 46.4 Å². The molecule has 1 aliphatic rings. The Morgan fingerprint density at radius 2 is 2.00 bits per heavy atom. The summed E-state index contributed by atoms with van der Waals surface area (Å²) in [6, 6.07) is 4.92. The normalized spacial score (nSPS) is 14.9. The number of hydrogen-bond acceptors (Lipinski definition) is 4. The number of nitrogens with zero attached hydrogens (tertiary/aromatic N) is 4. The summed E-state index contributed by atoms with van der Waals surface area (Å²) >= 11 is 1.60. The lowest BCUT2D eigenvalue weighted by Crippen LogP contribution is -2.51. The lowest BCUT2D eigenvalue weighted by Gasteiger charge is -2.35. The van der Waals surface area contributed by atoms with E-state index in [0.717, 1.165) is 43.4 Å². The molecular weight excluding hydrogens is 502 g/mol. The van der Waals surface area contributed by atoms with Crippen molar-refractivity contribution in [2.24, 2.45) is 10.7 Å². The summed E-state index contributed by atoms with van der Waals surface area (Å²) < 4.78 is 38.1. The molecule has 0 amide bonds. The average Bonchev–Trinajstić information content (AvgIpc) is 3.19. The smallest absolute Gasteiger partial charge is 0.370 e. The van der Waals surface area contributed by atoms with E-state index in [9.17, 15) is 13.2 Å². The number of rotatable bonds is 2. The largest absolute Gasteiger partial charge is 0.416 e. The van der Waals surface area contributed by atoms with E-state index in [1.54, 1.807) is 17.5 Å². The molecule has 0 aliphatic carbocycles. The number of guanidine groups is 1. The molecule has 10 heteroatoms. The van der Waals surface area contributed by atoms with Gasteiger partial charge in [0.25, 0.3) is 0 Å². The minimum Gasteiger partial charge on any atom is -0.370 e. The third-order valence-electron chi connectivity index (χ3n) is 4.04. The SMILES string of the molecule is I.NC(=NCC#Cc1cccc(C(F)(F)F)c1)N1CCN(c2nccs2)CC1. The molecule has 0 bridgehead atoms. The second kappa shape index (κ2) is 9.97. The maximum atomic E-state index is 12.7. The Morgan fingerprint density at radius 3 is 2.64 bits per heavy atom. The minimum absolute atomic E-state index is 0. The second-order valence-corrected chi connectivity index (χ2v) is 6.72. The minimum atomic E-state index is -4.37. The summed E-state index contributed by atoms with van der Waals surface area (Å²) in [6.07, 6.45) is -2.59. The van der Waals surface area contributed by atoms with Crippen molar-refractivity contribution in [3.63, 3.8) is 0 Å². The number of anilines is 1. The van der Waals surface area contributed by atoms with Crippen molar-refractivity contribution in [3.05, 3.63) is 47.0 Å². The van der Waals surface area contributed by atoms with Crippen LogP contribution in [0.4, 0.5) is 18.3 Å². The fraction of sp³-hybridized carbons (Fsp3) is 0.333. The third kappa shape index (κ3) is 6.00. The summed E-state index contributed by atoms with van der Waals surface area (Å²) in [7, 11) is 0. The summed E-state index contributed by atoms with van der Waals surface area (Å²) in [5, 5.41) is 2.94. The van der Waals surface area contributed by atoms with Gasteiger partial charge in [0.05, 0.1) is 5.56 Å². The molecule has 0 saturated carbocycles. The van der Waals surface area contributed by atoms with Gasteiger partial charge in [0, 0.05) is 43.3 Å². The van der Waals surface area contributed by atoms with Gasteiger partial charge >= 0.3 is 6.18 Å². The molecule has 2 N–H and O–H groups in total. The van der Waals surface area contributed by atoms with Crippen molar-refractivity contribution in [3.8, 4) is 11.8 Å². The van der Waals surface area contributed by atoms with E-state index in [4.69, 9.17) is 5.73 Å². The van der Waals surface area contributed by atoms with E-state index in [0.29, 0.717) is 11.5 Å². The Morgan fingerprint density at radius 1 is 1.25 bits per heavy atom. The highest BCUT2D eigenvalue weighted by atomic mass is 127. The van der Waals surface area contributed by atoms with Gasteiger partial charge in [-0.2, -0.15) is 13.2 Å². The Bertz CT molecular complexity index is 850. The molecule has 150 valence electrons. The van der Waals surface area contributed by atoms with Crippen molar-refractivity contribution in [2.45, 2.75) is 6.18 Å². The molecule has 1 saturated heterocycles. The molecule has 28 heavy (non-hydrogen) atoms. The Balaban J connectivity index is 0.00000280. The Hall–Kier alpha value is -2.00. The summed E-state index contributed by atoms with van der Waals surface area (Å²) in [6.45, 7) is 3.21. The van der Waals surface area contributed by atoms with E-state index in [-0.39, 0.29) is 30.5 Å². The first kappa shape index (κ1) is 22.3. The lowest BCUT2D eigenvalue weighted by molar-refractivity contribution is -0.137. The van der Waals surface area contributed by atoms with E-state index in [2.05, 4.69) is 26.7 Å². The molecule has 5 nitrogen and oxygen atoms in total. The molecule has 2 aromatic rings. The van der Waals surface area contributed by atoms with Crippen LogP contribution in [0.15, 0.2) is 40.8 Å². The zero-order valence-corrected chi connectivity index (χ0v) is 18.0. The molecule has 0 spiro atoms. The van der Waals surface area contributed by atoms with Crippen LogP contribution in [0.3, 0.4) is 0 Å². The summed E-state index contributed by atoms with van der Waals surface area (Å²) in [5.41, 5.74) is 5.59. The number of hydrogen-bond donors (Lipinski definition) is 1. The molecular formula is C18H19F3IN5S. The monoisotopic (exact) mass is 521 g/mol. The van der Waals surface area contributed by atoms with Crippen LogP contribution in [0.2, 0.25) is 0 Å². The maximum absolute atomic E-state index is 12.7. The van der Waals surface area contributed by atoms with Gasteiger partial charge in [-0.3, -0.25) is 0 Å². The van der Waals surface area contributed by atoms with Crippen LogP contribution in [0.1, 0.15) is 11.1 Å². The molecule has 1 aliphatic heterocycles. The van der Waals surface area contributed by atoms with Gasteiger partial charge in [-0.25, -0.2) is 9.98 Å². The molecule has 0 unspecified atom stereocenters. The second-order valence-electron chi connectivity index (χ2n) is 5.84. The third-order valence-corrected chi connectivity index (χ3v) is 4.87. The first-order chi connectivity index (χ1) is 12.9. The summed E-state index contributed by atoms with van der Waals surface area (Å²) in [4.78, 5) is 12.7. The van der Waals surface area contributed by atoms with Gasteiger partial charge in [-0.05, 0) is 18.2 Å². The van der Waals surface area contributed by atoms with Gasteiger partial charge in [0.2, 0.25) is 0 Å². The molecule has 1 aromatic carbocycles. The Labute approximate surface area is 182 Å². The van der Waals surface area contributed by atoms with Gasteiger partial charge in [0.15, 0.2) is 11.1 Å². The molecule has 2 heterocycles. The van der Waals surface area contributed by atoms with Crippen LogP contribution >= 0.6 is 35.3 Å². The molecule has 1 fully saturated rings. The van der Waals surface area contributed by atoms with Crippen molar-refractivity contribution < 1.29 is 13.2 Å². The number of nitrogens with two attached hydrogens (primary N) is 1. The van der Waals surface area contributed by atoms with Crippen LogP contribution in [-0.4, -0.2) is 48.6 Å². The zero-order valence-electron chi connectivity index (χ0n) is 14.8. The molecule has 0 atom stereocenters. The summed E-state index contributed by atoms with van der Waals surface area (Å²) in [5.74, 6) is 5.84. The van der Waals surface area contributed by atoms with Crippen LogP contribution in [-0.2, 0) is 6.18 Å². The fourth-order valence-corrected chi connectivity index (χ4v) is 3.33. The van der Waals surface area contributed by atoms with E-state index in [1.165, 1.54) is 12.1 Å². The standard InChI is InChI=1S/C18H18F3N5S.HI/c19-18(20,21)15-5-1-3-14(13-15)4-2-6-23-16(22)25-8-10-26(11-9-25)17-24-7-12-27-17;/h1,3,5,7,12-13H,6,8-11H2,(H2,22,23);1H. The molecule has 3 rings (SSSR count). The number of thiazole rings is 1. The van der Waals surface area contributed by atoms with Crippen LogP contribution in [0, 0.1) is 11.8 Å². The zero-order chi connectivity index (χ0) is 19.3. The van der Waals surface area contributed by atoms with Crippen LogP contribution in [0.25, 0.3) is 0 Å². The van der Waals surface area contributed by atoms with E-state index >= 15 is 0 Å². The van der Waals surface area contributed by atoms with Gasteiger partial charge in [-0.15, -0.1) is 35.3 Å². The highest BCUT2D eigenvalue weighted by Gasteiger charge is 2.30. The predicted molar refractivity (Wildman–Crippen MR) is 116 cm³/mol. The molecule has 0 radical (unpaired) electrons. The van der Waals surface area contributed by atoms with Gasteiger partial charge < -0.3 is 15.5 Å². The number of alkyl halides is 3.